The molecule has 0 saturated heterocycles. The molecule has 2 rings (SSSR count). The average molecular weight is 754 g/mol. The lowest BCUT2D eigenvalue weighted by Crippen LogP contribution is -2.02. The molecule has 0 aliphatic heterocycles. The number of benzene rings is 2. The summed E-state index contributed by atoms with van der Waals surface area (Å²) in [6, 6.07) is 7.94. The second-order valence-corrected chi connectivity index (χ2v) is 13.8. The van der Waals surface area contributed by atoms with Gasteiger partial charge in [0.05, 0.1) is 41.5 Å². The molecular weight excluding hydrogens is 727 g/mol. The smallest absolute Gasteiger partial charge is 0.422 e. The van der Waals surface area contributed by atoms with Gasteiger partial charge in [-0.15, -0.1) is 0 Å². The fourth-order valence-electron chi connectivity index (χ4n) is 2.44. The van der Waals surface area contributed by atoms with Crippen LogP contribution in [0.1, 0.15) is 33.3 Å². The maximum absolute atomic E-state index is 12.3. The minimum atomic E-state index is -3.73. The van der Waals surface area contributed by atoms with Crippen LogP contribution in [0.15, 0.2) is 40.3 Å². The molecule has 0 unspecified atom stereocenters. The van der Waals surface area contributed by atoms with E-state index in [9.17, 15) is 4.57 Å². The molecule has 0 aromatic heterocycles. The molecule has 0 amide bonds. The second kappa shape index (κ2) is 18.1. The van der Waals surface area contributed by atoms with E-state index in [4.69, 9.17) is 97.0 Å². The van der Waals surface area contributed by atoms with Crippen LogP contribution in [0, 0.1) is 0 Å². The third-order valence-electron chi connectivity index (χ3n) is 3.84. The molecule has 2 aromatic rings. The average Bonchev–Trinajstić information content (AvgIpc) is 2.82. The summed E-state index contributed by atoms with van der Waals surface area (Å²) in [6.07, 6.45) is 0. The first-order valence-electron chi connectivity index (χ1n) is 10.9. The summed E-state index contributed by atoms with van der Waals surface area (Å²) < 4.78 is 44.7. The Balaban J connectivity index is 0.000000382. The van der Waals surface area contributed by atoms with E-state index >= 15 is 0 Å². The first-order valence-corrected chi connectivity index (χ1v) is 17.7. The summed E-state index contributed by atoms with van der Waals surface area (Å²) in [4.78, 5) is 0. The van der Waals surface area contributed by atoms with Crippen molar-refractivity contribution in [3.63, 3.8) is 0 Å². The van der Waals surface area contributed by atoms with Crippen LogP contribution < -0.4 is 4.52 Å². The van der Waals surface area contributed by atoms with E-state index in [0.29, 0.717) is 49.1 Å². The lowest BCUT2D eigenvalue weighted by molar-refractivity contribution is 0.159. The Bertz CT molecular complexity index is 1170. The summed E-state index contributed by atoms with van der Waals surface area (Å²) in [5.74, 6) is 0.439. The van der Waals surface area contributed by atoms with E-state index in [2.05, 4.69) is 15.9 Å². The van der Waals surface area contributed by atoms with Crippen LogP contribution in [0.5, 0.6) is 5.75 Å². The van der Waals surface area contributed by atoms with E-state index in [1.54, 1.807) is 38.1 Å². The van der Waals surface area contributed by atoms with Crippen molar-refractivity contribution in [3.05, 3.63) is 66.0 Å². The Morgan fingerprint density at radius 2 is 1.42 bits per heavy atom. The Labute approximate surface area is 261 Å². The molecule has 2 aromatic carbocycles. The maximum atomic E-state index is 12.3. The van der Waals surface area contributed by atoms with Crippen molar-refractivity contribution < 1.29 is 31.7 Å². The predicted octanol–water partition coefficient (Wildman–Crippen LogP) is 11.2. The lowest BCUT2D eigenvalue weighted by Gasteiger charge is -2.21. The van der Waals surface area contributed by atoms with Gasteiger partial charge in [-0.1, -0.05) is 58.0 Å². The lowest BCUT2D eigenvalue weighted by atomic mass is 10.2. The molecular formula is C22H26BrCl5O7P2S. The van der Waals surface area contributed by atoms with E-state index in [0.717, 1.165) is 5.54 Å². The molecule has 0 aliphatic rings. The fourth-order valence-corrected chi connectivity index (χ4v) is 7.34. The molecule has 0 saturated carbocycles. The molecule has 38 heavy (non-hydrogen) atoms. The number of phosphoric ester groups is 1. The SMILES string of the molecule is CCOP(=O)(OCC)O/C(=C\Cl)c1ccc(Cl)cc1Cl.CCOP(=S)(OCC)Oc1cc(Cl)c(Br)cc1Cl. The minimum Gasteiger partial charge on any atom is -0.422 e. The van der Waals surface area contributed by atoms with Gasteiger partial charge in [-0.3, -0.25) is 18.1 Å². The van der Waals surface area contributed by atoms with Crippen molar-refractivity contribution in [2.75, 3.05) is 26.4 Å². The van der Waals surface area contributed by atoms with Crippen LogP contribution in [0.3, 0.4) is 0 Å². The van der Waals surface area contributed by atoms with Crippen LogP contribution in [0.2, 0.25) is 20.1 Å². The highest BCUT2D eigenvalue weighted by molar-refractivity contribution is 9.10. The zero-order valence-corrected chi connectivity index (χ0v) is 28.7. The third-order valence-corrected chi connectivity index (χ3v) is 10.1. The van der Waals surface area contributed by atoms with Gasteiger partial charge in [0.25, 0.3) is 0 Å². The summed E-state index contributed by atoms with van der Waals surface area (Å²) >= 11 is 38.1. The van der Waals surface area contributed by atoms with Gasteiger partial charge in [0.2, 0.25) is 0 Å². The van der Waals surface area contributed by atoms with Crippen LogP contribution in [-0.4, -0.2) is 26.4 Å². The molecule has 0 N–H and O–H groups in total. The van der Waals surface area contributed by atoms with E-state index in [1.807, 2.05) is 13.8 Å². The Hall–Kier alpha value is 0.430. The van der Waals surface area contributed by atoms with Gasteiger partial charge in [-0.25, -0.2) is 4.57 Å². The topological polar surface area (TPSA) is 72.5 Å². The normalized spacial score (nSPS) is 12.1. The highest BCUT2D eigenvalue weighted by Gasteiger charge is 2.29. The van der Waals surface area contributed by atoms with E-state index in [-0.39, 0.29) is 19.0 Å². The van der Waals surface area contributed by atoms with Crippen molar-refractivity contribution in [1.82, 2.24) is 0 Å². The maximum Gasteiger partial charge on any atom is 0.530 e. The Morgan fingerprint density at radius 1 is 0.868 bits per heavy atom. The second-order valence-electron chi connectivity index (χ2n) is 6.54. The Morgan fingerprint density at radius 3 is 1.89 bits per heavy atom. The van der Waals surface area contributed by atoms with E-state index < -0.39 is 14.5 Å². The van der Waals surface area contributed by atoms with Gasteiger partial charge >= 0.3 is 14.5 Å². The molecule has 0 heterocycles. The molecule has 0 spiro atoms. The van der Waals surface area contributed by atoms with Crippen LogP contribution in [0.25, 0.3) is 5.76 Å². The van der Waals surface area contributed by atoms with Crippen LogP contribution >= 0.6 is 88.5 Å². The van der Waals surface area contributed by atoms with Crippen molar-refractivity contribution in [2.24, 2.45) is 0 Å². The highest BCUT2D eigenvalue weighted by atomic mass is 79.9. The molecule has 0 bridgehead atoms. The summed E-state index contributed by atoms with van der Waals surface area (Å²) in [5.41, 5.74) is 1.55. The highest BCUT2D eigenvalue weighted by Crippen LogP contribution is 2.54. The number of halogens is 6. The predicted molar refractivity (Wildman–Crippen MR) is 165 cm³/mol. The van der Waals surface area contributed by atoms with Crippen LogP contribution in [-0.2, 0) is 39.0 Å². The molecule has 16 heteroatoms. The molecule has 214 valence electrons. The third kappa shape index (κ3) is 12.1. The molecule has 0 radical (unpaired) electrons. The first-order chi connectivity index (χ1) is 17.9. The molecule has 0 aliphatic carbocycles. The number of hydrogen-bond acceptors (Lipinski definition) is 8. The van der Waals surface area contributed by atoms with Crippen molar-refractivity contribution in [1.29, 1.82) is 0 Å². The van der Waals surface area contributed by atoms with Crippen LogP contribution in [0.4, 0.5) is 0 Å². The summed E-state index contributed by atoms with van der Waals surface area (Å²) in [6.45, 7) is 5.30. The van der Waals surface area contributed by atoms with Crippen molar-refractivity contribution >= 4 is 106 Å². The summed E-state index contributed by atoms with van der Waals surface area (Å²) in [7, 11) is -3.73. The molecule has 0 atom stereocenters. The quantitative estimate of drug-likeness (QED) is 0.114. The summed E-state index contributed by atoms with van der Waals surface area (Å²) in [5, 5.41) is 1.64. The van der Waals surface area contributed by atoms with Crippen molar-refractivity contribution in [2.45, 2.75) is 27.7 Å². The number of rotatable bonds is 13. The Kier molecular flexibility index (Phi) is 17.3. The minimum absolute atomic E-state index is 0.0820. The van der Waals surface area contributed by atoms with Gasteiger partial charge < -0.3 is 9.05 Å². The molecule has 7 nitrogen and oxygen atoms in total. The van der Waals surface area contributed by atoms with Gasteiger partial charge in [-0.2, -0.15) is 0 Å². The zero-order chi connectivity index (χ0) is 28.9. The van der Waals surface area contributed by atoms with E-state index in [1.165, 1.54) is 6.07 Å². The standard InChI is InChI=1S/C12H14Cl3O4P.C10H12BrCl2O3PS/c1-3-17-20(16,18-4-2)19-12(8-13)10-6-5-9(14)7-11(10)15;1-3-14-17(18,15-4-2)16-10-6-8(12)7(11)5-9(10)13/h5-8H,3-4H2,1-2H3;5-6H,3-4H2,1-2H3/b12-8-;. The van der Waals surface area contributed by atoms with Crippen molar-refractivity contribution in [3.8, 4) is 5.75 Å². The number of phosphoric acid groups is 1. The first kappa shape index (κ1) is 36.5. The van der Waals surface area contributed by atoms with Gasteiger partial charge in [0, 0.05) is 38.5 Å². The van der Waals surface area contributed by atoms with Gasteiger partial charge in [-0.05, 0) is 67.9 Å². The molecule has 0 fully saturated rings. The van der Waals surface area contributed by atoms with Gasteiger partial charge in [0.1, 0.15) is 5.75 Å². The zero-order valence-electron chi connectivity index (χ0n) is 20.7. The van der Waals surface area contributed by atoms with Gasteiger partial charge in [0.15, 0.2) is 5.76 Å². The monoisotopic (exact) mass is 750 g/mol. The fraction of sp³-hybridized carbons (Fsp3) is 0.364. The largest absolute Gasteiger partial charge is 0.530 e. The number of hydrogen-bond donors (Lipinski definition) is 0.